The van der Waals surface area contributed by atoms with Gasteiger partial charge in [0.2, 0.25) is 0 Å². The molecule has 3 nitrogen and oxygen atoms in total. The average Bonchev–Trinajstić information content (AvgIpc) is 2.49. The Morgan fingerprint density at radius 3 is 3.08 bits per heavy atom. The minimum absolute atomic E-state index is 0.231. The van der Waals surface area contributed by atoms with Crippen molar-refractivity contribution in [3.63, 3.8) is 0 Å². The summed E-state index contributed by atoms with van der Waals surface area (Å²) in [5, 5.41) is 3.17. The Morgan fingerprint density at radius 2 is 2.50 bits per heavy atom. The highest BCUT2D eigenvalue weighted by atomic mass is 16.1. The Hall–Kier alpha value is -1.09. The van der Waals surface area contributed by atoms with Crippen molar-refractivity contribution >= 4 is 5.78 Å². The first-order valence-corrected chi connectivity index (χ1v) is 4.11. The van der Waals surface area contributed by atoms with Gasteiger partial charge >= 0.3 is 0 Å². The molecule has 1 heterocycles. The second kappa shape index (κ2) is 4.72. The number of ketones is 1. The lowest BCUT2D eigenvalue weighted by atomic mass is 10.3. The second-order valence-corrected chi connectivity index (χ2v) is 2.82. The minimum Gasteiger partial charge on any atom is -0.364 e. The van der Waals surface area contributed by atoms with Gasteiger partial charge in [0.15, 0.2) is 0 Å². The highest BCUT2D eigenvalue weighted by Gasteiger charge is 1.93. The largest absolute Gasteiger partial charge is 0.364 e. The lowest BCUT2D eigenvalue weighted by molar-refractivity contribution is -0.116. The summed E-state index contributed by atoms with van der Waals surface area (Å²) < 4.78 is 0. The Labute approximate surface area is 72.2 Å². The van der Waals surface area contributed by atoms with Gasteiger partial charge in [-0.3, -0.25) is 4.79 Å². The molecule has 0 aliphatic carbocycles. The van der Waals surface area contributed by atoms with Crippen molar-refractivity contribution in [2.75, 3.05) is 6.54 Å². The van der Waals surface area contributed by atoms with Crippen LogP contribution in [0.15, 0.2) is 18.3 Å². The molecule has 1 aromatic heterocycles. The van der Waals surface area contributed by atoms with Gasteiger partial charge in [-0.1, -0.05) is 0 Å². The van der Waals surface area contributed by atoms with Crippen LogP contribution >= 0.6 is 0 Å². The van der Waals surface area contributed by atoms with Gasteiger partial charge in [0.1, 0.15) is 5.78 Å². The van der Waals surface area contributed by atoms with E-state index in [-0.39, 0.29) is 5.78 Å². The molecule has 12 heavy (non-hydrogen) atoms. The van der Waals surface area contributed by atoms with E-state index in [0.29, 0.717) is 6.42 Å². The molecule has 0 amide bonds. The van der Waals surface area contributed by atoms with Crippen LogP contribution in [0.1, 0.15) is 19.0 Å². The van der Waals surface area contributed by atoms with Gasteiger partial charge in [0.25, 0.3) is 0 Å². The summed E-state index contributed by atoms with van der Waals surface area (Å²) in [5.41, 5.74) is 1.15. The van der Waals surface area contributed by atoms with E-state index in [9.17, 15) is 4.79 Å². The summed E-state index contributed by atoms with van der Waals surface area (Å²) in [5.74, 6) is 0.231. The molecule has 0 aliphatic heterocycles. The van der Waals surface area contributed by atoms with E-state index < -0.39 is 0 Å². The number of hydrogen-bond donors (Lipinski definition) is 2. The van der Waals surface area contributed by atoms with E-state index in [2.05, 4.69) is 10.3 Å². The topological polar surface area (TPSA) is 44.9 Å². The van der Waals surface area contributed by atoms with Gasteiger partial charge in [-0.25, -0.2) is 0 Å². The fraction of sp³-hybridized carbons (Fsp3) is 0.444. The molecule has 0 bridgehead atoms. The molecular formula is C9H14N2O. The van der Waals surface area contributed by atoms with Gasteiger partial charge in [-0.05, 0) is 19.1 Å². The maximum Gasteiger partial charge on any atom is 0.131 e. The average molecular weight is 166 g/mol. The first-order chi connectivity index (χ1) is 5.79. The number of hydrogen-bond acceptors (Lipinski definition) is 2. The van der Waals surface area contributed by atoms with Crippen LogP contribution in [0.4, 0.5) is 0 Å². The van der Waals surface area contributed by atoms with Crippen molar-refractivity contribution in [1.29, 1.82) is 0 Å². The number of H-pyrrole nitrogens is 1. The third-order valence-corrected chi connectivity index (χ3v) is 1.63. The highest BCUT2D eigenvalue weighted by molar-refractivity contribution is 5.75. The van der Waals surface area contributed by atoms with E-state index in [1.165, 1.54) is 0 Å². The van der Waals surface area contributed by atoms with Crippen molar-refractivity contribution in [2.45, 2.75) is 19.9 Å². The summed E-state index contributed by atoms with van der Waals surface area (Å²) in [7, 11) is 0. The molecule has 2 N–H and O–H groups in total. The molecule has 66 valence electrons. The normalized spacial score (nSPS) is 10.1. The number of aromatic amines is 1. The summed E-state index contributed by atoms with van der Waals surface area (Å²) in [6.45, 7) is 3.17. The standard InChI is InChI=1S/C9H14N2O/c1-8(12)4-6-10-7-9-3-2-5-11-9/h2-3,5,10-11H,4,6-7H2,1H3. The van der Waals surface area contributed by atoms with Crippen LogP contribution < -0.4 is 5.32 Å². The Kier molecular flexibility index (Phi) is 3.54. The van der Waals surface area contributed by atoms with E-state index in [4.69, 9.17) is 0 Å². The summed E-state index contributed by atoms with van der Waals surface area (Å²) >= 11 is 0. The molecule has 3 heteroatoms. The van der Waals surface area contributed by atoms with Crippen LogP contribution in [-0.4, -0.2) is 17.3 Å². The van der Waals surface area contributed by atoms with Crippen molar-refractivity contribution in [1.82, 2.24) is 10.3 Å². The molecule has 0 atom stereocenters. The number of aromatic nitrogens is 1. The predicted molar refractivity (Wildman–Crippen MR) is 47.8 cm³/mol. The van der Waals surface area contributed by atoms with Crippen LogP contribution in [0, 0.1) is 0 Å². The minimum atomic E-state index is 0.231. The molecular weight excluding hydrogens is 152 g/mol. The quantitative estimate of drug-likeness (QED) is 0.643. The second-order valence-electron chi connectivity index (χ2n) is 2.82. The van der Waals surface area contributed by atoms with E-state index in [1.807, 2.05) is 18.3 Å². The zero-order valence-electron chi connectivity index (χ0n) is 7.26. The lowest BCUT2D eigenvalue weighted by Gasteiger charge is -2.00. The summed E-state index contributed by atoms with van der Waals surface area (Å²) in [4.78, 5) is 13.6. The highest BCUT2D eigenvalue weighted by Crippen LogP contribution is 1.92. The van der Waals surface area contributed by atoms with Crippen LogP contribution in [-0.2, 0) is 11.3 Å². The first kappa shape index (κ1) is 9.00. The fourth-order valence-corrected chi connectivity index (χ4v) is 0.965. The maximum atomic E-state index is 10.6. The molecule has 0 radical (unpaired) electrons. The van der Waals surface area contributed by atoms with Gasteiger partial charge in [0, 0.05) is 31.4 Å². The molecule has 1 aromatic rings. The molecule has 0 aliphatic rings. The molecule has 0 unspecified atom stereocenters. The van der Waals surface area contributed by atoms with Crippen LogP contribution in [0.5, 0.6) is 0 Å². The molecule has 0 fully saturated rings. The first-order valence-electron chi connectivity index (χ1n) is 4.11. The van der Waals surface area contributed by atoms with Crippen LogP contribution in [0.25, 0.3) is 0 Å². The van der Waals surface area contributed by atoms with E-state index >= 15 is 0 Å². The zero-order valence-corrected chi connectivity index (χ0v) is 7.26. The van der Waals surface area contributed by atoms with Gasteiger partial charge < -0.3 is 10.3 Å². The zero-order chi connectivity index (χ0) is 8.81. The van der Waals surface area contributed by atoms with E-state index in [1.54, 1.807) is 6.92 Å². The van der Waals surface area contributed by atoms with Gasteiger partial charge in [-0.15, -0.1) is 0 Å². The monoisotopic (exact) mass is 166 g/mol. The smallest absolute Gasteiger partial charge is 0.131 e. The van der Waals surface area contributed by atoms with E-state index in [0.717, 1.165) is 18.8 Å². The Morgan fingerprint density at radius 1 is 1.67 bits per heavy atom. The number of nitrogens with one attached hydrogen (secondary N) is 2. The molecule has 0 saturated heterocycles. The predicted octanol–water partition coefficient (Wildman–Crippen LogP) is 1.08. The van der Waals surface area contributed by atoms with Gasteiger partial charge in [0.05, 0.1) is 0 Å². The molecule has 0 aromatic carbocycles. The molecule has 1 rings (SSSR count). The molecule has 0 spiro atoms. The number of carbonyl (C=O) groups is 1. The Balaban J connectivity index is 2.07. The SMILES string of the molecule is CC(=O)CCNCc1ccc[nH]1. The number of rotatable bonds is 5. The van der Waals surface area contributed by atoms with Crippen LogP contribution in [0.3, 0.4) is 0 Å². The van der Waals surface area contributed by atoms with Crippen LogP contribution in [0.2, 0.25) is 0 Å². The fourth-order valence-electron chi connectivity index (χ4n) is 0.965. The van der Waals surface area contributed by atoms with Gasteiger partial charge in [-0.2, -0.15) is 0 Å². The Bertz CT molecular complexity index is 229. The van der Waals surface area contributed by atoms with Crippen molar-refractivity contribution in [2.24, 2.45) is 0 Å². The van der Waals surface area contributed by atoms with Crippen molar-refractivity contribution < 1.29 is 4.79 Å². The lowest BCUT2D eigenvalue weighted by Crippen LogP contribution is -2.16. The van der Waals surface area contributed by atoms with Crippen molar-refractivity contribution in [3.8, 4) is 0 Å². The maximum absolute atomic E-state index is 10.6. The summed E-state index contributed by atoms with van der Waals surface area (Å²) in [6, 6.07) is 3.97. The third kappa shape index (κ3) is 3.34. The number of Topliss-reactive ketones (excluding diaryl/α,β-unsaturated/α-hetero) is 1. The third-order valence-electron chi connectivity index (χ3n) is 1.63. The summed E-state index contributed by atoms with van der Waals surface area (Å²) in [6.07, 6.45) is 2.50. The van der Waals surface area contributed by atoms with Crippen molar-refractivity contribution in [3.05, 3.63) is 24.0 Å². The molecule has 0 saturated carbocycles. The number of carbonyl (C=O) groups excluding carboxylic acids is 1.